The molecule has 49 heavy (non-hydrogen) atoms. The lowest BCUT2D eigenvalue weighted by atomic mass is 10.0. The summed E-state index contributed by atoms with van der Waals surface area (Å²) < 4.78 is 50.7. The normalized spacial score (nSPS) is 15.8. The van der Waals surface area contributed by atoms with Crippen molar-refractivity contribution in [2.45, 2.75) is 45.1 Å². The minimum atomic E-state index is -3.08. The Hall–Kier alpha value is -4.04. The first-order valence-electron chi connectivity index (χ1n) is 16.0. The molecule has 0 amide bonds. The van der Waals surface area contributed by atoms with Gasteiger partial charge in [-0.1, -0.05) is 41.4 Å². The van der Waals surface area contributed by atoms with Crippen LogP contribution < -0.4 is 25.7 Å². The van der Waals surface area contributed by atoms with Gasteiger partial charge < -0.3 is 18.9 Å². The van der Waals surface area contributed by atoms with E-state index >= 15 is 0 Å². The smallest absolute Gasteiger partial charge is 0.387 e. The van der Waals surface area contributed by atoms with Crippen LogP contribution in [0.5, 0.6) is 11.5 Å². The van der Waals surface area contributed by atoms with Crippen molar-refractivity contribution in [1.29, 1.82) is 0 Å². The summed E-state index contributed by atoms with van der Waals surface area (Å²) >= 11 is 12.9. The second kappa shape index (κ2) is 15.7. The number of ether oxygens (including phenoxy) is 4. The van der Waals surface area contributed by atoms with Crippen LogP contribution in [0.15, 0.2) is 64.4 Å². The first kappa shape index (κ1) is 34.8. The van der Waals surface area contributed by atoms with Crippen molar-refractivity contribution < 1.29 is 37.5 Å². The maximum atomic E-state index is 13.8. The van der Waals surface area contributed by atoms with Crippen LogP contribution in [0.4, 0.5) is 8.78 Å². The zero-order valence-electron chi connectivity index (χ0n) is 26.4. The van der Waals surface area contributed by atoms with E-state index in [0.29, 0.717) is 48.9 Å². The molecule has 1 saturated heterocycles. The lowest BCUT2D eigenvalue weighted by Crippen LogP contribution is -2.44. The molecule has 2 aromatic heterocycles. The number of carbonyl (C=O) groups is 1. The molecule has 0 unspecified atom stereocenters. The van der Waals surface area contributed by atoms with Crippen LogP contribution in [0.25, 0.3) is 10.9 Å². The summed E-state index contributed by atoms with van der Waals surface area (Å²) in [7, 11) is 0. The van der Waals surface area contributed by atoms with Gasteiger partial charge in [0.1, 0.15) is 22.7 Å². The van der Waals surface area contributed by atoms with Crippen LogP contribution in [-0.2, 0) is 33.8 Å². The Bertz CT molecular complexity index is 1910. The van der Waals surface area contributed by atoms with Crippen LogP contribution >= 0.6 is 23.2 Å². The fourth-order valence-electron chi connectivity index (χ4n) is 5.73. The van der Waals surface area contributed by atoms with E-state index in [0.717, 1.165) is 30.5 Å². The summed E-state index contributed by atoms with van der Waals surface area (Å²) in [6, 6.07) is 11.0. The molecule has 260 valence electrons. The Labute approximate surface area is 289 Å². The van der Waals surface area contributed by atoms with Crippen LogP contribution in [0.2, 0.25) is 10.0 Å². The van der Waals surface area contributed by atoms with E-state index in [1.807, 2.05) is 0 Å². The molecule has 1 aliphatic heterocycles. The van der Waals surface area contributed by atoms with Crippen molar-refractivity contribution in [2.24, 2.45) is 5.92 Å². The Kier molecular flexibility index (Phi) is 11.1. The lowest BCUT2D eigenvalue weighted by Gasteiger charge is -2.27. The number of rotatable bonds is 14. The highest BCUT2D eigenvalue weighted by molar-refractivity contribution is 6.35. The summed E-state index contributed by atoms with van der Waals surface area (Å²) in [5.41, 5.74) is -0.00980. The van der Waals surface area contributed by atoms with E-state index in [4.69, 9.17) is 37.4 Å². The maximum absolute atomic E-state index is 13.8. The molecule has 1 N–H and O–H groups in total. The molecular formula is C34H35Cl2F2N4O7+. The molecule has 1 atom stereocenters. The zero-order valence-corrected chi connectivity index (χ0v) is 27.9. The number of hydrogen-bond donors (Lipinski definition) is 0. The van der Waals surface area contributed by atoms with Gasteiger partial charge in [-0.05, 0) is 48.6 Å². The van der Waals surface area contributed by atoms with Crippen molar-refractivity contribution >= 4 is 40.1 Å². The maximum Gasteiger partial charge on any atom is 0.387 e. The minimum absolute atomic E-state index is 0.0222. The number of para-hydroxylation sites is 1. The Morgan fingerprint density at radius 3 is 2.43 bits per heavy atom. The average Bonchev–Trinajstić information content (AvgIpc) is 3.92. The second-order valence-corrected chi connectivity index (χ2v) is 12.8. The third kappa shape index (κ3) is 8.58. The molecule has 2 fully saturated rings. The van der Waals surface area contributed by atoms with E-state index in [1.165, 1.54) is 35.2 Å². The monoisotopic (exact) mass is 719 g/mol. The van der Waals surface area contributed by atoms with Gasteiger partial charge in [-0.3, -0.25) is 19.1 Å². The molecular weight excluding hydrogens is 685 g/mol. The van der Waals surface area contributed by atoms with Gasteiger partial charge in [0.2, 0.25) is 0 Å². The molecule has 3 heterocycles. The molecule has 0 radical (unpaired) electrons. The number of hydrogen-bond acceptors (Lipinski definition) is 8. The van der Waals surface area contributed by atoms with E-state index in [-0.39, 0.29) is 39.9 Å². The topological polar surface area (TPSA) is 115 Å². The van der Waals surface area contributed by atoms with E-state index in [2.05, 4.69) is 14.6 Å². The van der Waals surface area contributed by atoms with Gasteiger partial charge in [-0.2, -0.15) is 8.78 Å². The Balaban J connectivity index is 1.31. The van der Waals surface area contributed by atoms with Crippen molar-refractivity contribution in [3.63, 3.8) is 0 Å². The van der Waals surface area contributed by atoms with Gasteiger partial charge in [0, 0.05) is 38.2 Å². The average molecular weight is 721 g/mol. The zero-order chi connectivity index (χ0) is 34.5. The van der Waals surface area contributed by atoms with Crippen LogP contribution in [0, 0.1) is 5.92 Å². The number of nitrogens with one attached hydrogen (secondary N) is 1. The van der Waals surface area contributed by atoms with Crippen molar-refractivity contribution in [2.75, 3.05) is 39.5 Å². The number of nitrogens with zero attached hydrogens (tertiary/aromatic N) is 3. The van der Waals surface area contributed by atoms with Crippen LogP contribution in [0.3, 0.4) is 0 Å². The number of carbonyl (C=O) groups excluding carboxylic acids is 1. The number of aromatic nitrogens is 3. The molecule has 11 nitrogen and oxygen atoms in total. The van der Waals surface area contributed by atoms with Gasteiger partial charge in [0.25, 0.3) is 5.56 Å². The van der Waals surface area contributed by atoms with Crippen molar-refractivity contribution in [3.05, 3.63) is 96.9 Å². The summed E-state index contributed by atoms with van der Waals surface area (Å²) in [6.45, 7) is -0.00179. The van der Waals surface area contributed by atoms with Gasteiger partial charge in [-0.25, -0.2) is 14.3 Å². The Morgan fingerprint density at radius 1 is 0.980 bits per heavy atom. The standard InChI is InChI=1S/C34H34Cl2F2N4O7/c35-25-17-39-18-26(36)24(25)16-29(22-7-8-28(49-33(37)38)30(15-22)47-20-21-5-6-21)48-31(43)19-42-32(44)23-3-1-2-4-27(23)41(34(42)45)10-9-40-11-13-46-14-12-40/h1-4,7-8,15,17-18,21,29,33H,5-6,9-14,16,19-20H2/p+1/t29-/m0/s1. The second-order valence-electron chi connectivity index (χ2n) is 11.9. The molecule has 1 aliphatic carbocycles. The summed E-state index contributed by atoms with van der Waals surface area (Å²) in [5, 5.41) is 0.815. The fraction of sp³-hybridized carbons (Fsp3) is 0.412. The first-order valence-corrected chi connectivity index (χ1v) is 16.7. The van der Waals surface area contributed by atoms with E-state index < -0.39 is 36.5 Å². The third-order valence-electron chi connectivity index (χ3n) is 8.55. The number of morpholine rings is 1. The largest absolute Gasteiger partial charge is 0.489 e. The van der Waals surface area contributed by atoms with Gasteiger partial charge in [0.15, 0.2) is 23.9 Å². The van der Waals surface area contributed by atoms with Crippen LogP contribution in [-0.4, -0.2) is 66.1 Å². The molecule has 1 saturated carbocycles. The highest BCUT2D eigenvalue weighted by Crippen LogP contribution is 2.37. The predicted octanol–water partition coefficient (Wildman–Crippen LogP) is 4.53. The SMILES string of the molecule is O=C(Cn1c(=O)c2ccccc2n(CCN2CCOCC2)c1=O)O[C@@H](Cc1c(Cl)c[nH+]cc1Cl)c1ccc(OC(F)F)c(OCC2CC2)c1. The number of halogens is 4. The molecule has 2 aliphatic rings. The van der Waals surface area contributed by atoms with Crippen molar-refractivity contribution in [1.82, 2.24) is 14.0 Å². The number of alkyl halides is 2. The van der Waals surface area contributed by atoms with Crippen molar-refractivity contribution in [3.8, 4) is 11.5 Å². The van der Waals surface area contributed by atoms with Gasteiger partial charge >= 0.3 is 18.3 Å². The number of H-pyrrole nitrogens is 1. The molecule has 15 heteroatoms. The summed E-state index contributed by atoms with van der Waals surface area (Å²) in [6.07, 6.45) is 3.87. The van der Waals surface area contributed by atoms with E-state index in [1.54, 1.807) is 24.3 Å². The number of aromatic amines is 1. The number of benzene rings is 2. The first-order chi connectivity index (χ1) is 23.7. The van der Waals surface area contributed by atoms with E-state index in [9.17, 15) is 23.2 Å². The third-order valence-corrected chi connectivity index (χ3v) is 9.22. The molecule has 6 rings (SSSR count). The molecule has 0 spiro atoms. The highest BCUT2D eigenvalue weighted by Gasteiger charge is 2.27. The highest BCUT2D eigenvalue weighted by atomic mass is 35.5. The summed E-state index contributed by atoms with van der Waals surface area (Å²) in [4.78, 5) is 46.0. The predicted molar refractivity (Wildman–Crippen MR) is 177 cm³/mol. The quantitative estimate of drug-likeness (QED) is 0.175. The Morgan fingerprint density at radius 2 is 1.71 bits per heavy atom. The number of pyridine rings is 1. The minimum Gasteiger partial charge on any atom is -0.489 e. The van der Waals surface area contributed by atoms with Crippen LogP contribution in [0.1, 0.15) is 30.1 Å². The fourth-order valence-corrected chi connectivity index (χ4v) is 6.26. The number of fused-ring (bicyclic) bond motifs is 1. The molecule has 0 bridgehead atoms. The lowest BCUT2D eigenvalue weighted by molar-refractivity contribution is -0.377. The number of esters is 1. The molecule has 4 aromatic rings. The van der Waals surface area contributed by atoms with Gasteiger partial charge in [-0.15, -0.1) is 0 Å². The summed E-state index contributed by atoms with van der Waals surface area (Å²) in [5.74, 6) is -0.691. The molecule has 2 aromatic carbocycles. The van der Waals surface area contributed by atoms with Gasteiger partial charge in [0.05, 0.1) is 30.7 Å².